The predicted octanol–water partition coefficient (Wildman–Crippen LogP) is 3.67. The highest BCUT2D eigenvalue weighted by molar-refractivity contribution is 9.11. The molecule has 21 heavy (non-hydrogen) atoms. The zero-order valence-electron chi connectivity index (χ0n) is 10.5. The molecule has 0 unspecified atom stereocenters. The first-order chi connectivity index (χ1) is 9.70. The second kappa shape index (κ2) is 5.70. The van der Waals surface area contributed by atoms with Crippen molar-refractivity contribution in [2.24, 2.45) is 0 Å². The van der Waals surface area contributed by atoms with Gasteiger partial charge in [0, 0.05) is 6.07 Å². The van der Waals surface area contributed by atoms with Crippen LogP contribution in [0.4, 0.5) is 15.8 Å². The minimum atomic E-state index is -3.88. The Labute approximate surface area is 131 Å². The molecular formula is C11H8BrFN2O4S2. The van der Waals surface area contributed by atoms with Crippen LogP contribution >= 0.6 is 27.3 Å². The normalized spacial score (nSPS) is 11.4. The van der Waals surface area contributed by atoms with Crippen molar-refractivity contribution in [2.75, 3.05) is 4.72 Å². The van der Waals surface area contributed by atoms with Gasteiger partial charge in [-0.3, -0.25) is 14.8 Å². The highest BCUT2D eigenvalue weighted by Gasteiger charge is 2.21. The summed E-state index contributed by atoms with van der Waals surface area (Å²) in [7, 11) is -3.88. The molecule has 0 spiro atoms. The quantitative estimate of drug-likeness (QED) is 0.632. The second-order valence-electron chi connectivity index (χ2n) is 4.05. The summed E-state index contributed by atoms with van der Waals surface area (Å²) >= 11 is 4.23. The molecule has 0 radical (unpaired) electrons. The largest absolute Gasteiger partial charge is 0.306 e. The predicted molar refractivity (Wildman–Crippen MR) is 80.6 cm³/mol. The highest BCUT2D eigenvalue weighted by Crippen LogP contribution is 2.32. The Morgan fingerprint density at radius 2 is 2.05 bits per heavy atom. The van der Waals surface area contributed by atoms with Crippen molar-refractivity contribution in [3.63, 3.8) is 0 Å². The number of rotatable bonds is 4. The number of nitro groups is 1. The molecule has 0 aliphatic carbocycles. The average molecular weight is 395 g/mol. The van der Waals surface area contributed by atoms with Crippen LogP contribution in [0.25, 0.3) is 0 Å². The molecule has 1 N–H and O–H groups in total. The maximum atomic E-state index is 13.2. The number of hydrogen-bond acceptors (Lipinski definition) is 5. The molecule has 1 aromatic carbocycles. The third kappa shape index (κ3) is 3.39. The van der Waals surface area contributed by atoms with Gasteiger partial charge in [0.25, 0.3) is 10.0 Å². The summed E-state index contributed by atoms with van der Waals surface area (Å²) < 4.78 is 40.4. The molecule has 1 aromatic heterocycles. The molecule has 112 valence electrons. The fourth-order valence-electron chi connectivity index (χ4n) is 1.49. The smallest absolute Gasteiger partial charge is 0.279 e. The van der Waals surface area contributed by atoms with Crippen LogP contribution in [-0.2, 0) is 10.0 Å². The van der Waals surface area contributed by atoms with E-state index in [1.165, 1.54) is 6.07 Å². The SMILES string of the molecule is Cc1cc(S(=O)(=O)Nc2ccc(F)c([N+](=O)[O-])c2)sc1Br. The van der Waals surface area contributed by atoms with Crippen molar-refractivity contribution >= 4 is 48.7 Å². The first-order valence-electron chi connectivity index (χ1n) is 5.43. The molecular weight excluding hydrogens is 387 g/mol. The van der Waals surface area contributed by atoms with Crippen LogP contribution in [0.5, 0.6) is 0 Å². The fourth-order valence-corrected chi connectivity index (χ4v) is 4.76. The molecule has 0 amide bonds. The van der Waals surface area contributed by atoms with Crippen LogP contribution in [0, 0.1) is 22.9 Å². The molecule has 10 heteroatoms. The third-order valence-corrected chi connectivity index (χ3v) is 6.49. The van der Waals surface area contributed by atoms with Gasteiger partial charge in [-0.25, -0.2) is 8.42 Å². The third-order valence-electron chi connectivity index (χ3n) is 2.49. The van der Waals surface area contributed by atoms with E-state index in [4.69, 9.17) is 0 Å². The number of anilines is 1. The van der Waals surface area contributed by atoms with E-state index in [-0.39, 0.29) is 9.90 Å². The number of aryl methyl sites for hydroxylation is 1. The summed E-state index contributed by atoms with van der Waals surface area (Å²) in [6.45, 7) is 1.74. The Morgan fingerprint density at radius 1 is 1.38 bits per heavy atom. The van der Waals surface area contributed by atoms with Gasteiger partial charge in [-0.05, 0) is 46.6 Å². The summed E-state index contributed by atoms with van der Waals surface area (Å²) in [6, 6.07) is 4.26. The van der Waals surface area contributed by atoms with Crippen LogP contribution in [0.15, 0.2) is 32.3 Å². The molecule has 0 fully saturated rings. The van der Waals surface area contributed by atoms with Crippen LogP contribution in [0.1, 0.15) is 5.56 Å². The van der Waals surface area contributed by atoms with Crippen molar-refractivity contribution < 1.29 is 17.7 Å². The van der Waals surface area contributed by atoms with E-state index >= 15 is 0 Å². The Balaban J connectivity index is 2.37. The standard InChI is InChI=1S/C11H8BrFN2O4S2/c1-6-4-10(20-11(6)12)21(18,19)14-7-2-3-8(13)9(5-7)15(16)17/h2-5,14H,1H3. The minimum absolute atomic E-state index is 0.0545. The number of nitrogens with zero attached hydrogens (tertiary/aromatic N) is 1. The Bertz CT molecular complexity index is 800. The number of thiophene rings is 1. The number of sulfonamides is 1. The van der Waals surface area contributed by atoms with Gasteiger partial charge in [0.15, 0.2) is 0 Å². The lowest BCUT2D eigenvalue weighted by atomic mass is 10.3. The van der Waals surface area contributed by atoms with Crippen molar-refractivity contribution in [3.05, 3.63) is 49.5 Å². The molecule has 0 saturated heterocycles. The zero-order chi connectivity index (χ0) is 15.8. The number of halogens is 2. The van der Waals surface area contributed by atoms with E-state index in [0.717, 1.165) is 35.1 Å². The lowest BCUT2D eigenvalue weighted by molar-refractivity contribution is -0.387. The van der Waals surface area contributed by atoms with Crippen molar-refractivity contribution in [1.29, 1.82) is 0 Å². The van der Waals surface area contributed by atoms with E-state index in [2.05, 4.69) is 20.7 Å². The van der Waals surface area contributed by atoms with Gasteiger partial charge in [0.05, 0.1) is 14.4 Å². The van der Waals surface area contributed by atoms with Gasteiger partial charge in [-0.2, -0.15) is 4.39 Å². The summed E-state index contributed by atoms with van der Waals surface area (Å²) in [6.07, 6.45) is 0. The molecule has 1 heterocycles. The number of nitro benzene ring substituents is 1. The van der Waals surface area contributed by atoms with Gasteiger partial charge in [0.1, 0.15) is 4.21 Å². The van der Waals surface area contributed by atoms with Crippen LogP contribution in [0.3, 0.4) is 0 Å². The van der Waals surface area contributed by atoms with Crippen molar-refractivity contribution in [3.8, 4) is 0 Å². The molecule has 2 aromatic rings. The minimum Gasteiger partial charge on any atom is -0.279 e. The number of benzene rings is 1. The molecule has 0 saturated carbocycles. The van der Waals surface area contributed by atoms with Crippen LogP contribution in [-0.4, -0.2) is 13.3 Å². The van der Waals surface area contributed by atoms with Crippen molar-refractivity contribution in [2.45, 2.75) is 11.1 Å². The van der Waals surface area contributed by atoms with E-state index < -0.39 is 26.5 Å². The topological polar surface area (TPSA) is 89.3 Å². The average Bonchev–Trinajstić information content (AvgIpc) is 2.72. The van der Waals surface area contributed by atoms with E-state index in [1.54, 1.807) is 6.92 Å². The highest BCUT2D eigenvalue weighted by atomic mass is 79.9. The van der Waals surface area contributed by atoms with Gasteiger partial charge in [-0.15, -0.1) is 11.3 Å². The van der Waals surface area contributed by atoms with E-state index in [0.29, 0.717) is 3.79 Å². The molecule has 0 atom stereocenters. The van der Waals surface area contributed by atoms with Gasteiger partial charge < -0.3 is 0 Å². The zero-order valence-corrected chi connectivity index (χ0v) is 13.7. The van der Waals surface area contributed by atoms with Gasteiger partial charge in [0.2, 0.25) is 5.82 Å². The molecule has 2 rings (SSSR count). The monoisotopic (exact) mass is 394 g/mol. The number of hydrogen-bond donors (Lipinski definition) is 1. The molecule has 0 bridgehead atoms. The molecule has 0 aliphatic heterocycles. The van der Waals surface area contributed by atoms with Crippen molar-refractivity contribution in [1.82, 2.24) is 0 Å². The van der Waals surface area contributed by atoms with E-state index in [1.807, 2.05) is 0 Å². The van der Waals surface area contributed by atoms with E-state index in [9.17, 15) is 22.9 Å². The fraction of sp³-hybridized carbons (Fsp3) is 0.0909. The molecule has 6 nitrogen and oxygen atoms in total. The maximum Gasteiger partial charge on any atom is 0.306 e. The molecule has 0 aliphatic rings. The van der Waals surface area contributed by atoms with Gasteiger partial charge in [-0.1, -0.05) is 0 Å². The lowest BCUT2D eigenvalue weighted by Crippen LogP contribution is -2.11. The summed E-state index contributed by atoms with van der Waals surface area (Å²) in [5, 5.41) is 10.6. The first kappa shape index (κ1) is 15.9. The Morgan fingerprint density at radius 3 is 2.57 bits per heavy atom. The first-order valence-corrected chi connectivity index (χ1v) is 8.52. The second-order valence-corrected chi connectivity index (χ2v) is 8.33. The summed E-state index contributed by atoms with van der Waals surface area (Å²) in [5.74, 6) is -1.03. The van der Waals surface area contributed by atoms with Crippen LogP contribution < -0.4 is 4.72 Å². The lowest BCUT2D eigenvalue weighted by Gasteiger charge is -2.06. The Hall–Kier alpha value is -1.52. The maximum absolute atomic E-state index is 13.2. The Kier molecular flexibility index (Phi) is 4.30. The summed E-state index contributed by atoms with van der Waals surface area (Å²) in [5.41, 5.74) is -0.116. The number of nitrogens with one attached hydrogen (secondary N) is 1. The summed E-state index contributed by atoms with van der Waals surface area (Å²) in [4.78, 5) is 9.72. The van der Waals surface area contributed by atoms with Gasteiger partial charge >= 0.3 is 5.69 Å². The van der Waals surface area contributed by atoms with Crippen LogP contribution in [0.2, 0.25) is 0 Å².